The van der Waals surface area contributed by atoms with Crippen molar-refractivity contribution in [3.8, 4) is 0 Å². The molecular weight excluding hydrogens is 216 g/mol. The van der Waals surface area contributed by atoms with Gasteiger partial charge >= 0.3 is 0 Å². The first-order valence-electron chi connectivity index (χ1n) is 5.96. The number of carbonyl (C=O) groups is 1. The van der Waals surface area contributed by atoms with Crippen molar-refractivity contribution in [3.05, 3.63) is 35.4 Å². The molecule has 0 saturated carbocycles. The Morgan fingerprint density at radius 3 is 2.82 bits per heavy atom. The summed E-state index contributed by atoms with van der Waals surface area (Å²) in [7, 11) is 0. The first-order valence-corrected chi connectivity index (χ1v) is 5.96. The molecule has 0 unspecified atom stereocenters. The molecule has 0 aliphatic carbocycles. The highest BCUT2D eigenvalue weighted by molar-refractivity contribution is 5.94. The molecule has 0 bridgehead atoms. The number of aryl methyl sites for hydroxylation is 1. The van der Waals surface area contributed by atoms with Crippen LogP contribution in [0.5, 0.6) is 0 Å². The van der Waals surface area contributed by atoms with Gasteiger partial charge in [0.25, 0.3) is 5.91 Å². The molecule has 0 fully saturated rings. The molecule has 0 aliphatic heterocycles. The monoisotopic (exact) mass is 236 g/mol. The van der Waals surface area contributed by atoms with Gasteiger partial charge in [-0.05, 0) is 24.1 Å². The zero-order valence-corrected chi connectivity index (χ0v) is 10.2. The second-order valence-corrected chi connectivity index (χ2v) is 3.78. The highest BCUT2D eigenvalue weighted by Gasteiger charge is 2.04. The fraction of sp³-hybridized carbons (Fsp3) is 0.462. The standard InChI is InChI=1S/C13H20N2O2/c1-2-11-4-3-5-12(10-11)13(17)15-7-6-14-8-9-16/h3-5,10,14,16H,2,6-9H2,1H3,(H,15,17). The van der Waals surface area contributed by atoms with Gasteiger partial charge in [0.2, 0.25) is 0 Å². The molecular formula is C13H20N2O2. The average molecular weight is 236 g/mol. The lowest BCUT2D eigenvalue weighted by Crippen LogP contribution is -2.32. The molecule has 0 spiro atoms. The maximum absolute atomic E-state index is 11.8. The van der Waals surface area contributed by atoms with E-state index in [-0.39, 0.29) is 12.5 Å². The van der Waals surface area contributed by atoms with Crippen LogP contribution < -0.4 is 10.6 Å². The second kappa shape index (κ2) is 7.81. The normalized spacial score (nSPS) is 10.2. The Labute approximate surface area is 102 Å². The lowest BCUT2D eigenvalue weighted by atomic mass is 10.1. The largest absolute Gasteiger partial charge is 0.395 e. The highest BCUT2D eigenvalue weighted by atomic mass is 16.3. The van der Waals surface area contributed by atoms with Crippen LogP contribution in [0, 0.1) is 0 Å². The highest BCUT2D eigenvalue weighted by Crippen LogP contribution is 2.05. The minimum atomic E-state index is -0.0499. The number of amides is 1. The number of hydrogen-bond donors (Lipinski definition) is 3. The van der Waals surface area contributed by atoms with Crippen molar-refractivity contribution in [2.75, 3.05) is 26.2 Å². The van der Waals surface area contributed by atoms with Crippen LogP contribution in [0.4, 0.5) is 0 Å². The molecule has 0 atom stereocenters. The number of carbonyl (C=O) groups excluding carboxylic acids is 1. The molecule has 0 aliphatic rings. The predicted octanol–water partition coefficient (Wildman–Crippen LogP) is 0.561. The molecule has 0 saturated heterocycles. The molecule has 4 heteroatoms. The third-order valence-electron chi connectivity index (χ3n) is 2.47. The number of benzene rings is 1. The topological polar surface area (TPSA) is 61.4 Å². The van der Waals surface area contributed by atoms with Crippen molar-refractivity contribution in [1.29, 1.82) is 0 Å². The number of aliphatic hydroxyl groups is 1. The van der Waals surface area contributed by atoms with Crippen LogP contribution >= 0.6 is 0 Å². The van der Waals surface area contributed by atoms with Gasteiger partial charge < -0.3 is 15.7 Å². The van der Waals surface area contributed by atoms with Gasteiger partial charge in [-0.2, -0.15) is 0 Å². The quantitative estimate of drug-likeness (QED) is 0.606. The molecule has 0 aromatic heterocycles. The summed E-state index contributed by atoms with van der Waals surface area (Å²) < 4.78 is 0. The van der Waals surface area contributed by atoms with Crippen LogP contribution in [0.3, 0.4) is 0 Å². The van der Waals surface area contributed by atoms with Crippen LogP contribution in [-0.4, -0.2) is 37.3 Å². The summed E-state index contributed by atoms with van der Waals surface area (Å²) in [5.74, 6) is -0.0499. The Hall–Kier alpha value is -1.39. The van der Waals surface area contributed by atoms with Crippen molar-refractivity contribution < 1.29 is 9.90 Å². The van der Waals surface area contributed by atoms with Crippen molar-refractivity contribution in [3.63, 3.8) is 0 Å². The predicted molar refractivity (Wildman–Crippen MR) is 68.1 cm³/mol. The van der Waals surface area contributed by atoms with Crippen LogP contribution in [-0.2, 0) is 6.42 Å². The van der Waals surface area contributed by atoms with Gasteiger partial charge in [-0.25, -0.2) is 0 Å². The SMILES string of the molecule is CCc1cccc(C(=O)NCCNCCO)c1. The Morgan fingerprint density at radius 1 is 1.29 bits per heavy atom. The second-order valence-electron chi connectivity index (χ2n) is 3.78. The van der Waals surface area contributed by atoms with E-state index in [4.69, 9.17) is 5.11 Å². The number of hydrogen-bond acceptors (Lipinski definition) is 3. The third-order valence-corrected chi connectivity index (χ3v) is 2.47. The number of nitrogens with one attached hydrogen (secondary N) is 2. The van der Waals surface area contributed by atoms with Gasteiger partial charge in [0.05, 0.1) is 6.61 Å². The van der Waals surface area contributed by atoms with E-state index in [1.165, 1.54) is 0 Å². The summed E-state index contributed by atoms with van der Waals surface area (Å²) in [6.07, 6.45) is 0.930. The molecule has 3 N–H and O–H groups in total. The number of rotatable bonds is 7. The first kappa shape index (κ1) is 13.7. The fourth-order valence-electron chi connectivity index (χ4n) is 1.50. The molecule has 1 aromatic rings. The van der Waals surface area contributed by atoms with E-state index < -0.39 is 0 Å². The zero-order chi connectivity index (χ0) is 12.5. The molecule has 4 nitrogen and oxygen atoms in total. The van der Waals surface area contributed by atoms with Gasteiger partial charge in [0, 0.05) is 25.2 Å². The van der Waals surface area contributed by atoms with E-state index in [0.29, 0.717) is 25.2 Å². The first-order chi connectivity index (χ1) is 8.27. The van der Waals surface area contributed by atoms with E-state index >= 15 is 0 Å². The van der Waals surface area contributed by atoms with Crippen LogP contribution in [0.1, 0.15) is 22.8 Å². The summed E-state index contributed by atoms with van der Waals surface area (Å²) in [6.45, 7) is 3.97. The molecule has 94 valence electrons. The summed E-state index contributed by atoms with van der Waals surface area (Å²) >= 11 is 0. The van der Waals surface area contributed by atoms with Gasteiger partial charge in [-0.3, -0.25) is 4.79 Å². The Morgan fingerprint density at radius 2 is 2.12 bits per heavy atom. The van der Waals surface area contributed by atoms with Crippen LogP contribution in [0.2, 0.25) is 0 Å². The van der Waals surface area contributed by atoms with E-state index in [9.17, 15) is 4.79 Å². The molecule has 17 heavy (non-hydrogen) atoms. The molecule has 0 heterocycles. The lowest BCUT2D eigenvalue weighted by molar-refractivity contribution is 0.0954. The Kier molecular flexibility index (Phi) is 6.29. The minimum Gasteiger partial charge on any atom is -0.395 e. The van der Waals surface area contributed by atoms with Crippen LogP contribution in [0.25, 0.3) is 0 Å². The van der Waals surface area contributed by atoms with E-state index in [2.05, 4.69) is 17.6 Å². The van der Waals surface area contributed by atoms with Crippen molar-refractivity contribution in [2.24, 2.45) is 0 Å². The Balaban J connectivity index is 2.36. The smallest absolute Gasteiger partial charge is 0.251 e. The molecule has 1 amide bonds. The molecule has 1 aromatic carbocycles. The van der Waals surface area contributed by atoms with Gasteiger partial charge in [0.1, 0.15) is 0 Å². The lowest BCUT2D eigenvalue weighted by Gasteiger charge is -2.07. The van der Waals surface area contributed by atoms with Gasteiger partial charge in [-0.1, -0.05) is 19.1 Å². The van der Waals surface area contributed by atoms with Crippen molar-refractivity contribution in [1.82, 2.24) is 10.6 Å². The summed E-state index contributed by atoms with van der Waals surface area (Å²) in [6, 6.07) is 7.64. The van der Waals surface area contributed by atoms with Gasteiger partial charge in [0.15, 0.2) is 0 Å². The number of aliphatic hydroxyl groups excluding tert-OH is 1. The zero-order valence-electron chi connectivity index (χ0n) is 10.2. The summed E-state index contributed by atoms with van der Waals surface area (Å²) in [5.41, 5.74) is 1.86. The van der Waals surface area contributed by atoms with E-state index in [1.807, 2.05) is 24.3 Å². The summed E-state index contributed by atoms with van der Waals surface area (Å²) in [5, 5.41) is 14.4. The van der Waals surface area contributed by atoms with Crippen LogP contribution in [0.15, 0.2) is 24.3 Å². The summed E-state index contributed by atoms with van der Waals surface area (Å²) in [4.78, 5) is 11.8. The van der Waals surface area contributed by atoms with Gasteiger partial charge in [-0.15, -0.1) is 0 Å². The molecule has 0 radical (unpaired) electrons. The minimum absolute atomic E-state index is 0.0499. The van der Waals surface area contributed by atoms with Crippen molar-refractivity contribution >= 4 is 5.91 Å². The maximum Gasteiger partial charge on any atom is 0.251 e. The Bertz CT molecular complexity index is 353. The fourth-order valence-corrected chi connectivity index (χ4v) is 1.50. The van der Waals surface area contributed by atoms with Crippen molar-refractivity contribution in [2.45, 2.75) is 13.3 Å². The van der Waals surface area contributed by atoms with E-state index in [0.717, 1.165) is 12.0 Å². The van der Waals surface area contributed by atoms with E-state index in [1.54, 1.807) is 0 Å². The third kappa shape index (κ3) is 4.97. The maximum atomic E-state index is 11.8. The molecule has 1 rings (SSSR count). The average Bonchev–Trinajstić information content (AvgIpc) is 2.38.